The van der Waals surface area contributed by atoms with Gasteiger partial charge in [-0.1, -0.05) is 37.6 Å². The molecule has 0 atom stereocenters. The number of benzene rings is 2. The highest BCUT2D eigenvalue weighted by Gasteiger charge is 2.14. The predicted octanol–water partition coefficient (Wildman–Crippen LogP) is 5.32. The lowest BCUT2D eigenvalue weighted by Crippen LogP contribution is -2.30. The van der Waals surface area contributed by atoms with Crippen molar-refractivity contribution >= 4 is 39.1 Å². The van der Waals surface area contributed by atoms with E-state index in [9.17, 15) is 9.59 Å². The van der Waals surface area contributed by atoms with Gasteiger partial charge in [0.1, 0.15) is 11.0 Å². The maximum absolute atomic E-state index is 13.3. The van der Waals surface area contributed by atoms with E-state index in [1.807, 2.05) is 30.3 Å². The van der Waals surface area contributed by atoms with Crippen molar-refractivity contribution in [2.24, 2.45) is 5.92 Å². The number of halogens is 1. The molecule has 2 aromatic carbocycles. The monoisotopic (exact) mass is 511 g/mol. The fraction of sp³-hybridized carbons (Fsp3) is 0.269. The summed E-state index contributed by atoms with van der Waals surface area (Å²) in [6.45, 7) is 4.69. The molecule has 0 saturated heterocycles. The third-order valence-corrected chi connectivity index (χ3v) is 6.81. The molecule has 0 saturated carbocycles. The Kier molecular flexibility index (Phi) is 7.73. The van der Waals surface area contributed by atoms with Gasteiger partial charge in [0.05, 0.1) is 18.3 Å². The number of fused-ring (bicyclic) bond motifs is 1. The summed E-state index contributed by atoms with van der Waals surface area (Å²) < 4.78 is 13.1. The van der Waals surface area contributed by atoms with Crippen LogP contribution in [-0.4, -0.2) is 35.7 Å². The highest BCUT2D eigenvalue weighted by Crippen LogP contribution is 2.32. The smallest absolute Gasteiger partial charge is 0.275 e. The Morgan fingerprint density at radius 3 is 2.63 bits per heavy atom. The van der Waals surface area contributed by atoms with Crippen molar-refractivity contribution in [3.8, 4) is 27.6 Å². The van der Waals surface area contributed by atoms with Crippen LogP contribution in [0.25, 0.3) is 26.3 Å². The molecule has 35 heavy (non-hydrogen) atoms. The molecule has 0 spiro atoms. The van der Waals surface area contributed by atoms with Gasteiger partial charge < -0.3 is 14.8 Å². The lowest BCUT2D eigenvalue weighted by Gasteiger charge is -2.13. The molecule has 0 unspecified atom stereocenters. The summed E-state index contributed by atoms with van der Waals surface area (Å²) in [5.74, 6) is 1.15. The number of methoxy groups -OCH3 is 1. The zero-order chi connectivity index (χ0) is 24.9. The van der Waals surface area contributed by atoms with Gasteiger partial charge in [-0.3, -0.25) is 14.2 Å². The lowest BCUT2D eigenvalue weighted by atomic mass is 10.1. The van der Waals surface area contributed by atoms with E-state index < -0.39 is 0 Å². The minimum absolute atomic E-state index is 0.121. The molecule has 0 fully saturated rings. The topological polar surface area (TPSA) is 82.5 Å². The molecule has 1 N–H and O–H groups in total. The minimum atomic E-state index is -0.197. The number of rotatable bonds is 9. The third kappa shape index (κ3) is 5.83. The van der Waals surface area contributed by atoms with Gasteiger partial charge in [-0.2, -0.15) is 0 Å². The average molecular weight is 512 g/mol. The normalized spacial score (nSPS) is 11.1. The number of hydrogen-bond donors (Lipinski definition) is 1. The van der Waals surface area contributed by atoms with E-state index >= 15 is 0 Å². The van der Waals surface area contributed by atoms with Gasteiger partial charge in [0.15, 0.2) is 18.1 Å². The number of amides is 1. The van der Waals surface area contributed by atoms with Crippen molar-refractivity contribution < 1.29 is 14.3 Å². The number of thiophene rings is 1. The molecule has 2 heterocycles. The van der Waals surface area contributed by atoms with Gasteiger partial charge in [-0.15, -0.1) is 11.3 Å². The molecule has 0 aliphatic heterocycles. The summed E-state index contributed by atoms with van der Waals surface area (Å²) in [6.07, 6.45) is 2.41. The van der Waals surface area contributed by atoms with Gasteiger partial charge in [0, 0.05) is 22.5 Å². The Balaban J connectivity index is 1.55. The zero-order valence-electron chi connectivity index (χ0n) is 19.7. The second-order valence-corrected chi connectivity index (χ2v) is 9.90. The molecular formula is C26H26ClN3O4S. The standard InChI is InChI=1S/C26H26ClN3O4S/c1-16(2)10-11-28-24(31)14-34-21-9-8-19(12-22(21)33-3)30-15-29-20-13-23(35-25(20)26(30)32)17-4-6-18(27)7-5-17/h4-9,12-13,15-16H,10-11,14H2,1-3H3,(H,28,31). The number of ether oxygens (including phenoxy) is 2. The minimum Gasteiger partial charge on any atom is -0.493 e. The van der Waals surface area contributed by atoms with Crippen LogP contribution in [0.15, 0.2) is 59.7 Å². The van der Waals surface area contributed by atoms with Crippen LogP contribution < -0.4 is 20.3 Å². The van der Waals surface area contributed by atoms with E-state index in [-0.39, 0.29) is 18.1 Å². The Hall–Kier alpha value is -3.36. The molecular weight excluding hydrogens is 486 g/mol. The molecule has 4 aromatic rings. The van der Waals surface area contributed by atoms with Gasteiger partial charge in [-0.25, -0.2) is 4.98 Å². The molecule has 182 valence electrons. The van der Waals surface area contributed by atoms with Crippen LogP contribution >= 0.6 is 22.9 Å². The number of nitrogens with one attached hydrogen (secondary N) is 1. The van der Waals surface area contributed by atoms with Crippen LogP contribution in [0.2, 0.25) is 5.02 Å². The summed E-state index contributed by atoms with van der Waals surface area (Å²) >= 11 is 7.38. The van der Waals surface area contributed by atoms with Crippen LogP contribution in [0.1, 0.15) is 20.3 Å². The van der Waals surface area contributed by atoms with Crippen molar-refractivity contribution in [1.82, 2.24) is 14.9 Å². The van der Waals surface area contributed by atoms with E-state index in [0.717, 1.165) is 16.9 Å². The third-order valence-electron chi connectivity index (χ3n) is 5.39. The molecule has 0 aliphatic carbocycles. The Morgan fingerprint density at radius 2 is 1.91 bits per heavy atom. The van der Waals surface area contributed by atoms with Crippen molar-refractivity contribution in [3.05, 3.63) is 70.2 Å². The van der Waals surface area contributed by atoms with E-state index in [2.05, 4.69) is 24.1 Å². The zero-order valence-corrected chi connectivity index (χ0v) is 21.3. The summed E-state index contributed by atoms with van der Waals surface area (Å²) in [7, 11) is 1.51. The molecule has 7 nitrogen and oxygen atoms in total. The first-order valence-electron chi connectivity index (χ1n) is 11.2. The Bertz CT molecular complexity index is 1400. The molecule has 4 rings (SSSR count). The van der Waals surface area contributed by atoms with Crippen molar-refractivity contribution in [3.63, 3.8) is 0 Å². The number of aromatic nitrogens is 2. The van der Waals surface area contributed by atoms with E-state index in [4.69, 9.17) is 21.1 Å². The van der Waals surface area contributed by atoms with Crippen LogP contribution in [-0.2, 0) is 4.79 Å². The van der Waals surface area contributed by atoms with Gasteiger partial charge >= 0.3 is 0 Å². The summed E-state index contributed by atoms with van der Waals surface area (Å²) in [5.41, 5.74) is 2.01. The fourth-order valence-electron chi connectivity index (χ4n) is 3.47. The second-order valence-electron chi connectivity index (χ2n) is 8.41. The maximum Gasteiger partial charge on any atom is 0.275 e. The van der Waals surface area contributed by atoms with Gasteiger partial charge in [0.2, 0.25) is 0 Å². The number of carbonyl (C=O) groups excluding carboxylic acids is 1. The molecule has 1 amide bonds. The number of nitrogens with zero attached hydrogens (tertiary/aromatic N) is 2. The SMILES string of the molecule is COc1cc(-n2cnc3cc(-c4ccc(Cl)cc4)sc3c2=O)ccc1OCC(=O)NCCC(C)C. The highest BCUT2D eigenvalue weighted by molar-refractivity contribution is 7.22. The van der Waals surface area contributed by atoms with E-state index in [0.29, 0.717) is 44.9 Å². The fourth-order valence-corrected chi connectivity index (χ4v) is 4.64. The molecule has 0 radical (unpaired) electrons. The van der Waals surface area contributed by atoms with Gasteiger partial charge in [-0.05, 0) is 48.2 Å². The second kappa shape index (κ2) is 10.9. The largest absolute Gasteiger partial charge is 0.493 e. The number of carbonyl (C=O) groups is 1. The molecule has 2 aromatic heterocycles. The molecule has 9 heteroatoms. The lowest BCUT2D eigenvalue weighted by molar-refractivity contribution is -0.123. The van der Waals surface area contributed by atoms with Crippen LogP contribution in [0.4, 0.5) is 0 Å². The van der Waals surface area contributed by atoms with Crippen LogP contribution in [0, 0.1) is 5.92 Å². The summed E-state index contributed by atoms with van der Waals surface area (Å²) in [6, 6.07) is 14.5. The predicted molar refractivity (Wildman–Crippen MR) is 140 cm³/mol. The first kappa shape index (κ1) is 24.8. The van der Waals surface area contributed by atoms with E-state index in [1.54, 1.807) is 18.2 Å². The molecule has 0 bridgehead atoms. The van der Waals surface area contributed by atoms with Crippen LogP contribution in [0.3, 0.4) is 0 Å². The van der Waals surface area contributed by atoms with E-state index in [1.165, 1.54) is 29.3 Å². The number of hydrogen-bond acceptors (Lipinski definition) is 6. The molecule has 0 aliphatic rings. The van der Waals surface area contributed by atoms with Crippen LogP contribution in [0.5, 0.6) is 11.5 Å². The summed E-state index contributed by atoms with van der Waals surface area (Å²) in [4.78, 5) is 30.7. The van der Waals surface area contributed by atoms with Crippen molar-refractivity contribution in [2.45, 2.75) is 20.3 Å². The first-order valence-corrected chi connectivity index (χ1v) is 12.4. The maximum atomic E-state index is 13.3. The average Bonchev–Trinajstić information content (AvgIpc) is 3.28. The summed E-state index contributed by atoms with van der Waals surface area (Å²) in [5, 5.41) is 3.49. The van der Waals surface area contributed by atoms with Crippen molar-refractivity contribution in [1.29, 1.82) is 0 Å². The highest BCUT2D eigenvalue weighted by atomic mass is 35.5. The Morgan fingerprint density at radius 1 is 1.14 bits per heavy atom. The quantitative estimate of drug-likeness (QED) is 0.329. The van der Waals surface area contributed by atoms with Gasteiger partial charge in [0.25, 0.3) is 11.5 Å². The Labute approximate surface area is 212 Å². The first-order chi connectivity index (χ1) is 16.9. The van der Waals surface area contributed by atoms with Crippen molar-refractivity contribution in [2.75, 3.05) is 20.3 Å².